The van der Waals surface area contributed by atoms with Crippen molar-refractivity contribution in [1.29, 1.82) is 0 Å². The number of urea groups is 1. The van der Waals surface area contributed by atoms with Crippen LogP contribution in [0.3, 0.4) is 0 Å². The second-order valence-electron chi connectivity index (χ2n) is 6.18. The molecule has 30 heavy (non-hydrogen) atoms. The monoisotopic (exact) mass is 475 g/mol. The highest BCUT2D eigenvalue weighted by atomic mass is 79.9. The first-order valence-corrected chi connectivity index (χ1v) is 9.47. The second kappa shape index (κ2) is 8.87. The summed E-state index contributed by atoms with van der Waals surface area (Å²) in [4.78, 5) is 38.0. The normalized spacial score (nSPS) is 14.6. The molecule has 1 aliphatic rings. The molecule has 2 aromatic rings. The summed E-state index contributed by atoms with van der Waals surface area (Å²) < 4.78 is 10.6. The molecule has 0 radical (unpaired) electrons. The number of carbonyl (C=O) groups excluding carboxylic acids is 3. The summed E-state index contributed by atoms with van der Waals surface area (Å²) in [5.41, 5.74) is 0.916. The number of rotatable bonds is 6. The molecule has 1 aliphatic heterocycles. The highest BCUT2D eigenvalue weighted by Crippen LogP contribution is 2.36. The number of imide groups is 1. The van der Waals surface area contributed by atoms with Crippen LogP contribution >= 0.6 is 15.9 Å². The number of phenols is 1. The third-order valence-corrected chi connectivity index (χ3v) is 4.83. The number of anilines is 1. The number of ether oxygens (including phenoxy) is 2. The average Bonchev–Trinajstić information content (AvgIpc) is 2.98. The minimum absolute atomic E-state index is 0.00951. The van der Waals surface area contributed by atoms with Crippen molar-refractivity contribution in [2.24, 2.45) is 0 Å². The Labute approximate surface area is 180 Å². The average molecular weight is 476 g/mol. The molecule has 0 aromatic heterocycles. The molecule has 4 amide bonds. The molecule has 0 bridgehead atoms. The molecule has 9 nitrogen and oxygen atoms in total. The number of para-hydroxylation sites is 2. The number of halogens is 1. The zero-order chi connectivity index (χ0) is 21.8. The van der Waals surface area contributed by atoms with Crippen LogP contribution in [0.15, 0.2) is 46.6 Å². The number of benzene rings is 2. The Morgan fingerprint density at radius 3 is 2.60 bits per heavy atom. The maximum Gasteiger partial charge on any atom is 0.329 e. The minimum atomic E-state index is -0.716. The largest absolute Gasteiger partial charge is 0.503 e. The van der Waals surface area contributed by atoms with Gasteiger partial charge in [0.05, 0.1) is 24.4 Å². The number of amides is 4. The number of hydrogen-bond donors (Lipinski definition) is 3. The predicted molar refractivity (Wildman–Crippen MR) is 112 cm³/mol. The maximum absolute atomic E-state index is 12.6. The molecule has 0 atom stereocenters. The lowest BCUT2D eigenvalue weighted by molar-refractivity contribution is -0.127. The van der Waals surface area contributed by atoms with Crippen LogP contribution in [0.4, 0.5) is 10.5 Å². The van der Waals surface area contributed by atoms with Gasteiger partial charge in [-0.15, -0.1) is 0 Å². The van der Waals surface area contributed by atoms with Gasteiger partial charge in [-0.25, -0.2) is 9.69 Å². The molecule has 0 spiro atoms. The van der Waals surface area contributed by atoms with Crippen LogP contribution in [0, 0.1) is 0 Å². The van der Waals surface area contributed by atoms with E-state index in [1.165, 1.54) is 26.4 Å². The molecular weight excluding hydrogens is 458 g/mol. The number of hydrogen-bond acceptors (Lipinski definition) is 6. The highest BCUT2D eigenvalue weighted by Gasteiger charge is 2.35. The zero-order valence-corrected chi connectivity index (χ0v) is 17.6. The van der Waals surface area contributed by atoms with Crippen molar-refractivity contribution in [2.45, 2.75) is 0 Å². The van der Waals surface area contributed by atoms with Crippen LogP contribution in [-0.2, 0) is 9.59 Å². The Morgan fingerprint density at radius 1 is 1.20 bits per heavy atom. The van der Waals surface area contributed by atoms with Gasteiger partial charge in [0.2, 0.25) is 5.91 Å². The number of phenolic OH excluding ortho intramolecular Hbond substituents is 1. The third-order valence-electron chi connectivity index (χ3n) is 4.23. The van der Waals surface area contributed by atoms with E-state index < -0.39 is 24.4 Å². The van der Waals surface area contributed by atoms with Crippen LogP contribution < -0.4 is 20.1 Å². The molecule has 1 saturated heterocycles. The van der Waals surface area contributed by atoms with Gasteiger partial charge in [-0.05, 0) is 51.8 Å². The van der Waals surface area contributed by atoms with Gasteiger partial charge < -0.3 is 25.2 Å². The molecule has 3 rings (SSSR count). The van der Waals surface area contributed by atoms with Crippen molar-refractivity contribution in [3.05, 3.63) is 52.1 Å². The van der Waals surface area contributed by atoms with Crippen LogP contribution in [-0.4, -0.2) is 48.6 Å². The van der Waals surface area contributed by atoms with Gasteiger partial charge in [0.1, 0.15) is 18.0 Å². The maximum atomic E-state index is 12.6. The molecule has 0 aliphatic carbocycles. The summed E-state index contributed by atoms with van der Waals surface area (Å²) in [5.74, 6) is -0.649. The Morgan fingerprint density at radius 2 is 1.90 bits per heavy atom. The van der Waals surface area contributed by atoms with Gasteiger partial charge >= 0.3 is 6.03 Å². The molecule has 156 valence electrons. The first-order valence-electron chi connectivity index (χ1n) is 8.68. The molecular formula is C20H18BrN3O6. The number of aromatic hydroxyl groups is 1. The molecule has 10 heteroatoms. The molecule has 0 unspecified atom stereocenters. The lowest BCUT2D eigenvalue weighted by atomic mass is 10.1. The quantitative estimate of drug-likeness (QED) is 0.436. The summed E-state index contributed by atoms with van der Waals surface area (Å²) in [7, 11) is 2.86. The van der Waals surface area contributed by atoms with Gasteiger partial charge in [-0.1, -0.05) is 12.1 Å². The summed E-state index contributed by atoms with van der Waals surface area (Å²) in [6, 6.07) is 9.13. The summed E-state index contributed by atoms with van der Waals surface area (Å²) in [6.07, 6.45) is 1.42. The number of nitrogens with one attached hydrogen (secondary N) is 2. The van der Waals surface area contributed by atoms with Crippen LogP contribution in [0.2, 0.25) is 0 Å². The van der Waals surface area contributed by atoms with Gasteiger partial charge in [-0.3, -0.25) is 9.59 Å². The van der Waals surface area contributed by atoms with E-state index in [4.69, 9.17) is 9.47 Å². The Bertz CT molecular complexity index is 1050. The first-order chi connectivity index (χ1) is 14.3. The predicted octanol–water partition coefficient (Wildman–Crippen LogP) is 2.70. The van der Waals surface area contributed by atoms with E-state index in [1.807, 2.05) is 0 Å². The third kappa shape index (κ3) is 4.38. The topological polar surface area (TPSA) is 117 Å². The standard InChI is InChI=1S/C20H18BrN3O6/c1-29-15-6-4-3-5-13(15)22-17(25)10-24-19(27)14(23-20(24)28)8-11-7-12(21)18(26)16(9-11)30-2/h3-9,26H,10H2,1-2H3,(H,22,25)(H,23,28)/b14-8+. The zero-order valence-electron chi connectivity index (χ0n) is 16.1. The van der Waals surface area contributed by atoms with E-state index in [1.54, 1.807) is 30.3 Å². The van der Waals surface area contributed by atoms with E-state index in [2.05, 4.69) is 26.6 Å². The number of nitrogens with zero attached hydrogens (tertiary/aromatic N) is 1. The molecule has 1 fully saturated rings. The highest BCUT2D eigenvalue weighted by molar-refractivity contribution is 9.10. The molecule has 0 saturated carbocycles. The van der Waals surface area contributed by atoms with Crippen LogP contribution in [0.1, 0.15) is 5.56 Å². The SMILES string of the molecule is COc1ccccc1NC(=O)CN1C(=O)N/C(=C/c2cc(Br)c(O)c(OC)c2)C1=O. The minimum Gasteiger partial charge on any atom is -0.503 e. The van der Waals surface area contributed by atoms with Crippen molar-refractivity contribution < 1.29 is 29.0 Å². The Hall–Kier alpha value is -3.53. The van der Waals surface area contributed by atoms with Gasteiger partial charge in [-0.2, -0.15) is 0 Å². The fraction of sp³-hybridized carbons (Fsp3) is 0.150. The van der Waals surface area contributed by atoms with E-state index in [-0.39, 0.29) is 17.2 Å². The van der Waals surface area contributed by atoms with Crippen molar-refractivity contribution in [3.8, 4) is 17.2 Å². The Balaban J connectivity index is 1.75. The fourth-order valence-electron chi connectivity index (χ4n) is 2.80. The van der Waals surface area contributed by atoms with Gasteiger partial charge in [0.25, 0.3) is 5.91 Å². The molecule has 1 heterocycles. The van der Waals surface area contributed by atoms with E-state index >= 15 is 0 Å². The molecule has 2 aromatic carbocycles. The van der Waals surface area contributed by atoms with E-state index in [0.717, 1.165) is 4.90 Å². The summed E-state index contributed by atoms with van der Waals surface area (Å²) in [6.45, 7) is -0.470. The summed E-state index contributed by atoms with van der Waals surface area (Å²) in [5, 5.41) is 14.9. The van der Waals surface area contributed by atoms with Crippen molar-refractivity contribution >= 4 is 45.5 Å². The van der Waals surface area contributed by atoms with Crippen LogP contribution in [0.25, 0.3) is 6.08 Å². The Kier molecular flexibility index (Phi) is 6.26. The van der Waals surface area contributed by atoms with Crippen molar-refractivity contribution in [2.75, 3.05) is 26.1 Å². The lowest BCUT2D eigenvalue weighted by Crippen LogP contribution is -2.38. The summed E-state index contributed by atoms with van der Waals surface area (Å²) >= 11 is 3.20. The van der Waals surface area contributed by atoms with Crippen molar-refractivity contribution in [1.82, 2.24) is 10.2 Å². The second-order valence-corrected chi connectivity index (χ2v) is 7.04. The molecule has 3 N–H and O–H groups in total. The van der Waals surface area contributed by atoms with Gasteiger partial charge in [0, 0.05) is 0 Å². The number of carbonyl (C=O) groups is 3. The number of methoxy groups -OCH3 is 2. The van der Waals surface area contributed by atoms with Gasteiger partial charge in [0.15, 0.2) is 11.5 Å². The van der Waals surface area contributed by atoms with Crippen LogP contribution in [0.5, 0.6) is 17.2 Å². The van der Waals surface area contributed by atoms with E-state index in [9.17, 15) is 19.5 Å². The fourth-order valence-corrected chi connectivity index (χ4v) is 3.26. The lowest BCUT2D eigenvalue weighted by Gasteiger charge is -2.13. The smallest absolute Gasteiger partial charge is 0.329 e. The first kappa shape index (κ1) is 21.2. The van der Waals surface area contributed by atoms with Crippen molar-refractivity contribution in [3.63, 3.8) is 0 Å². The van der Waals surface area contributed by atoms with E-state index in [0.29, 0.717) is 21.5 Å².